The standard InChI is InChI=1S/C9H17NO2.Y/c1-2-9(12)10-5-3-8(7-11)4-6-10;/h8,11H,2-7H2,1H3;. The second-order valence-corrected chi connectivity index (χ2v) is 3.36. The minimum atomic E-state index is 0. The topological polar surface area (TPSA) is 40.5 Å². The molecular formula is C9H17NO2Y. The van der Waals surface area contributed by atoms with Crippen molar-refractivity contribution in [1.82, 2.24) is 4.90 Å². The molecule has 4 heteroatoms. The van der Waals surface area contributed by atoms with Gasteiger partial charge in [0.15, 0.2) is 0 Å². The number of carbonyl (C=O) groups is 1. The number of carbonyl (C=O) groups excluding carboxylic acids is 1. The molecule has 0 aromatic rings. The van der Waals surface area contributed by atoms with E-state index < -0.39 is 0 Å². The van der Waals surface area contributed by atoms with Gasteiger partial charge in [-0.05, 0) is 18.8 Å². The zero-order valence-electron chi connectivity index (χ0n) is 8.20. The van der Waals surface area contributed by atoms with Crippen LogP contribution in [0.25, 0.3) is 0 Å². The Morgan fingerprint density at radius 1 is 1.46 bits per heavy atom. The predicted molar refractivity (Wildman–Crippen MR) is 46.7 cm³/mol. The Morgan fingerprint density at radius 3 is 2.38 bits per heavy atom. The van der Waals surface area contributed by atoms with Crippen molar-refractivity contribution in [3.8, 4) is 0 Å². The first kappa shape index (κ1) is 13.5. The largest absolute Gasteiger partial charge is 0.396 e. The van der Waals surface area contributed by atoms with Crippen LogP contribution in [0.1, 0.15) is 26.2 Å². The molecule has 1 heterocycles. The van der Waals surface area contributed by atoms with Crippen LogP contribution in [0.3, 0.4) is 0 Å². The molecule has 0 aliphatic carbocycles. The number of aliphatic hydroxyl groups is 1. The maximum Gasteiger partial charge on any atom is 0.222 e. The Bertz CT molecular complexity index is 156. The van der Waals surface area contributed by atoms with E-state index >= 15 is 0 Å². The van der Waals surface area contributed by atoms with Crippen LogP contribution in [-0.2, 0) is 37.5 Å². The average molecular weight is 260 g/mol. The van der Waals surface area contributed by atoms with E-state index in [4.69, 9.17) is 5.11 Å². The van der Waals surface area contributed by atoms with Crippen molar-refractivity contribution in [2.75, 3.05) is 19.7 Å². The van der Waals surface area contributed by atoms with Crippen molar-refractivity contribution in [1.29, 1.82) is 0 Å². The molecule has 1 N–H and O–H groups in total. The minimum absolute atomic E-state index is 0. The van der Waals surface area contributed by atoms with Gasteiger partial charge in [0, 0.05) is 58.8 Å². The summed E-state index contributed by atoms with van der Waals surface area (Å²) in [5.74, 6) is 0.664. The summed E-state index contributed by atoms with van der Waals surface area (Å²) >= 11 is 0. The van der Waals surface area contributed by atoms with Gasteiger partial charge in [-0.25, -0.2) is 0 Å². The summed E-state index contributed by atoms with van der Waals surface area (Å²) in [6.45, 7) is 3.82. The molecule has 73 valence electrons. The SMILES string of the molecule is CCC(=O)N1CCC(CO)CC1.[Y]. The van der Waals surface area contributed by atoms with Gasteiger partial charge in [0.25, 0.3) is 0 Å². The summed E-state index contributed by atoms with van der Waals surface area (Å²) in [5, 5.41) is 8.87. The fourth-order valence-corrected chi connectivity index (χ4v) is 1.59. The Balaban J connectivity index is 0.00000144. The van der Waals surface area contributed by atoms with Crippen LogP contribution >= 0.6 is 0 Å². The van der Waals surface area contributed by atoms with Crippen LogP contribution in [-0.4, -0.2) is 35.6 Å². The minimum Gasteiger partial charge on any atom is -0.396 e. The van der Waals surface area contributed by atoms with Crippen molar-refractivity contribution < 1.29 is 42.6 Å². The molecule has 0 atom stereocenters. The van der Waals surface area contributed by atoms with Crippen molar-refractivity contribution in [2.24, 2.45) is 5.92 Å². The van der Waals surface area contributed by atoms with Gasteiger partial charge in [-0.2, -0.15) is 0 Å². The number of rotatable bonds is 2. The molecule has 1 saturated heterocycles. The molecule has 0 aromatic carbocycles. The van der Waals surface area contributed by atoms with Crippen LogP contribution < -0.4 is 0 Å². The molecule has 0 bridgehead atoms. The van der Waals surface area contributed by atoms with Crippen LogP contribution in [0, 0.1) is 5.92 Å². The summed E-state index contributed by atoms with van der Waals surface area (Å²) in [4.78, 5) is 13.1. The molecular weight excluding hydrogens is 243 g/mol. The number of likely N-dealkylation sites (tertiary alicyclic amines) is 1. The van der Waals surface area contributed by atoms with Crippen molar-refractivity contribution in [3.05, 3.63) is 0 Å². The summed E-state index contributed by atoms with van der Waals surface area (Å²) in [6.07, 6.45) is 2.52. The van der Waals surface area contributed by atoms with Crippen molar-refractivity contribution >= 4 is 5.91 Å². The Hall–Kier alpha value is 0.534. The van der Waals surface area contributed by atoms with Gasteiger partial charge in [-0.1, -0.05) is 6.92 Å². The third-order valence-corrected chi connectivity index (χ3v) is 2.53. The quantitative estimate of drug-likeness (QED) is 0.791. The molecule has 0 unspecified atom stereocenters. The number of nitrogens with zero attached hydrogens (tertiary/aromatic N) is 1. The Labute approximate surface area is 105 Å². The van der Waals surface area contributed by atoms with E-state index in [9.17, 15) is 4.79 Å². The second kappa shape index (κ2) is 6.91. The van der Waals surface area contributed by atoms with Gasteiger partial charge >= 0.3 is 0 Å². The third-order valence-electron chi connectivity index (χ3n) is 2.53. The molecule has 0 aromatic heterocycles. The zero-order chi connectivity index (χ0) is 8.97. The van der Waals surface area contributed by atoms with Gasteiger partial charge in [-0.3, -0.25) is 4.79 Å². The first-order valence-electron chi connectivity index (χ1n) is 4.66. The summed E-state index contributed by atoms with van der Waals surface area (Å²) in [7, 11) is 0. The Kier molecular flexibility index (Phi) is 7.19. The van der Waals surface area contributed by atoms with Gasteiger partial charge in [0.2, 0.25) is 5.91 Å². The molecule has 0 spiro atoms. The summed E-state index contributed by atoms with van der Waals surface area (Å²) in [6, 6.07) is 0. The van der Waals surface area contributed by atoms with Crippen LogP contribution in [0.2, 0.25) is 0 Å². The number of amides is 1. The predicted octanol–water partition coefficient (Wildman–Crippen LogP) is 0.625. The van der Waals surface area contributed by atoms with E-state index in [1.807, 2.05) is 11.8 Å². The van der Waals surface area contributed by atoms with E-state index in [1.165, 1.54) is 0 Å². The van der Waals surface area contributed by atoms with Crippen LogP contribution in [0.4, 0.5) is 0 Å². The molecule has 1 fully saturated rings. The number of aliphatic hydroxyl groups excluding tert-OH is 1. The van der Waals surface area contributed by atoms with Gasteiger partial charge < -0.3 is 10.0 Å². The van der Waals surface area contributed by atoms with Crippen LogP contribution in [0.15, 0.2) is 0 Å². The van der Waals surface area contributed by atoms with E-state index in [0.717, 1.165) is 25.9 Å². The molecule has 3 nitrogen and oxygen atoms in total. The molecule has 1 aliphatic rings. The Morgan fingerprint density at radius 2 is 2.00 bits per heavy atom. The van der Waals surface area contributed by atoms with Crippen molar-refractivity contribution in [3.63, 3.8) is 0 Å². The second-order valence-electron chi connectivity index (χ2n) is 3.36. The number of hydrogen-bond donors (Lipinski definition) is 1. The van der Waals surface area contributed by atoms with Gasteiger partial charge in [-0.15, -0.1) is 0 Å². The maximum absolute atomic E-state index is 11.2. The number of piperidine rings is 1. The molecule has 1 aliphatic heterocycles. The molecule has 13 heavy (non-hydrogen) atoms. The van der Waals surface area contributed by atoms with Crippen molar-refractivity contribution in [2.45, 2.75) is 26.2 Å². The van der Waals surface area contributed by atoms with E-state index in [0.29, 0.717) is 12.3 Å². The normalized spacial score (nSPS) is 18.2. The van der Waals surface area contributed by atoms with E-state index in [1.54, 1.807) is 0 Å². The first-order valence-corrected chi connectivity index (χ1v) is 4.66. The summed E-state index contributed by atoms with van der Waals surface area (Å²) in [5.41, 5.74) is 0. The van der Waals surface area contributed by atoms with Gasteiger partial charge in [0.05, 0.1) is 0 Å². The fraction of sp³-hybridized carbons (Fsp3) is 0.889. The average Bonchev–Trinajstić information content (AvgIpc) is 2.17. The number of hydrogen-bond acceptors (Lipinski definition) is 2. The smallest absolute Gasteiger partial charge is 0.222 e. The molecule has 1 amide bonds. The van der Waals surface area contributed by atoms with Crippen LogP contribution in [0.5, 0.6) is 0 Å². The first-order chi connectivity index (χ1) is 5.77. The summed E-state index contributed by atoms with van der Waals surface area (Å²) < 4.78 is 0. The molecule has 1 radical (unpaired) electrons. The molecule has 1 rings (SSSR count). The maximum atomic E-state index is 11.2. The van der Waals surface area contributed by atoms with Gasteiger partial charge in [0.1, 0.15) is 0 Å². The third kappa shape index (κ3) is 4.05. The monoisotopic (exact) mass is 260 g/mol. The zero-order valence-corrected chi connectivity index (χ0v) is 11.0. The fourth-order valence-electron chi connectivity index (χ4n) is 1.59. The van der Waals surface area contributed by atoms with E-state index in [2.05, 4.69) is 0 Å². The molecule has 0 saturated carbocycles. The van der Waals surface area contributed by atoms with E-state index in [-0.39, 0.29) is 45.2 Å².